The summed E-state index contributed by atoms with van der Waals surface area (Å²) < 4.78 is 5.79. The molecule has 0 heterocycles. The van der Waals surface area contributed by atoms with Gasteiger partial charge in [-0.15, -0.1) is 0 Å². The van der Waals surface area contributed by atoms with Crippen LogP contribution in [0.15, 0.2) is 24.3 Å². The molecule has 1 aliphatic rings. The highest BCUT2D eigenvalue weighted by Gasteiger charge is 2.25. The Balaban J connectivity index is 2.10. The largest absolute Gasteiger partial charge is 0.491 e. The molecule has 0 radical (unpaired) electrons. The second-order valence-electron chi connectivity index (χ2n) is 4.99. The molecule has 2 rings (SSSR count). The van der Waals surface area contributed by atoms with Crippen LogP contribution in [0.25, 0.3) is 0 Å². The molecule has 88 valence electrons. The van der Waals surface area contributed by atoms with Gasteiger partial charge in [0, 0.05) is 11.6 Å². The quantitative estimate of drug-likeness (QED) is 0.825. The van der Waals surface area contributed by atoms with Gasteiger partial charge < -0.3 is 10.5 Å². The van der Waals surface area contributed by atoms with E-state index in [0.717, 1.165) is 23.7 Å². The van der Waals surface area contributed by atoms with E-state index in [2.05, 4.69) is 6.07 Å². The Morgan fingerprint density at radius 1 is 1.31 bits per heavy atom. The third-order valence-electron chi connectivity index (χ3n) is 2.97. The fourth-order valence-corrected chi connectivity index (χ4v) is 1.99. The summed E-state index contributed by atoms with van der Waals surface area (Å²) in [4.78, 5) is 0. The van der Waals surface area contributed by atoms with Crippen molar-refractivity contribution in [2.75, 3.05) is 0 Å². The van der Waals surface area contributed by atoms with Crippen molar-refractivity contribution >= 4 is 0 Å². The molecule has 0 aliphatic heterocycles. The molecule has 1 saturated carbocycles. The van der Waals surface area contributed by atoms with E-state index >= 15 is 0 Å². The summed E-state index contributed by atoms with van der Waals surface area (Å²) in [5.41, 5.74) is 7.39. The van der Waals surface area contributed by atoms with Crippen molar-refractivity contribution in [2.45, 2.75) is 45.3 Å². The van der Waals surface area contributed by atoms with Crippen molar-refractivity contribution in [3.63, 3.8) is 0 Å². The Kier molecular flexibility index (Phi) is 3.49. The SMILES string of the molecule is CC(C)Oc1ccccc1[C@H](N)CC1CC1. The number of benzene rings is 1. The third kappa shape index (κ3) is 2.99. The van der Waals surface area contributed by atoms with Crippen molar-refractivity contribution in [2.24, 2.45) is 11.7 Å². The van der Waals surface area contributed by atoms with E-state index in [0.29, 0.717) is 0 Å². The predicted octanol–water partition coefficient (Wildman–Crippen LogP) is 3.27. The Hall–Kier alpha value is -1.02. The van der Waals surface area contributed by atoms with Crippen LogP contribution < -0.4 is 10.5 Å². The first-order valence-corrected chi connectivity index (χ1v) is 6.18. The number of ether oxygens (including phenoxy) is 1. The minimum absolute atomic E-state index is 0.127. The van der Waals surface area contributed by atoms with Crippen molar-refractivity contribution in [1.82, 2.24) is 0 Å². The van der Waals surface area contributed by atoms with E-state index < -0.39 is 0 Å². The van der Waals surface area contributed by atoms with Gasteiger partial charge in [0.15, 0.2) is 0 Å². The number of nitrogens with two attached hydrogens (primary N) is 1. The number of hydrogen-bond acceptors (Lipinski definition) is 2. The van der Waals surface area contributed by atoms with Crippen molar-refractivity contribution in [3.05, 3.63) is 29.8 Å². The number of para-hydroxylation sites is 1. The van der Waals surface area contributed by atoms with Crippen LogP contribution in [0.3, 0.4) is 0 Å². The van der Waals surface area contributed by atoms with Gasteiger partial charge in [0.05, 0.1) is 6.10 Å². The first-order valence-electron chi connectivity index (χ1n) is 6.18. The van der Waals surface area contributed by atoms with E-state index in [1.165, 1.54) is 12.8 Å². The van der Waals surface area contributed by atoms with Crippen molar-refractivity contribution < 1.29 is 4.74 Å². The van der Waals surface area contributed by atoms with E-state index in [-0.39, 0.29) is 12.1 Å². The molecule has 0 bridgehead atoms. The van der Waals surface area contributed by atoms with Crippen LogP contribution >= 0.6 is 0 Å². The van der Waals surface area contributed by atoms with Crippen LogP contribution in [-0.2, 0) is 0 Å². The highest BCUT2D eigenvalue weighted by Crippen LogP contribution is 2.38. The van der Waals surface area contributed by atoms with E-state index in [9.17, 15) is 0 Å². The maximum absolute atomic E-state index is 6.23. The zero-order valence-electron chi connectivity index (χ0n) is 10.1. The van der Waals surface area contributed by atoms with Gasteiger partial charge in [0.25, 0.3) is 0 Å². The maximum atomic E-state index is 6.23. The average Bonchev–Trinajstić information content (AvgIpc) is 3.01. The van der Waals surface area contributed by atoms with Gasteiger partial charge in [-0.3, -0.25) is 0 Å². The fourth-order valence-electron chi connectivity index (χ4n) is 1.99. The molecule has 1 atom stereocenters. The highest BCUT2D eigenvalue weighted by molar-refractivity contribution is 5.36. The normalized spacial score (nSPS) is 17.5. The topological polar surface area (TPSA) is 35.2 Å². The molecule has 0 unspecified atom stereocenters. The Labute approximate surface area is 97.8 Å². The van der Waals surface area contributed by atoms with Gasteiger partial charge in [-0.05, 0) is 32.3 Å². The van der Waals surface area contributed by atoms with E-state index in [1.807, 2.05) is 32.0 Å². The lowest BCUT2D eigenvalue weighted by molar-refractivity contribution is 0.238. The molecule has 1 aromatic carbocycles. The smallest absolute Gasteiger partial charge is 0.124 e. The van der Waals surface area contributed by atoms with Gasteiger partial charge in [-0.2, -0.15) is 0 Å². The summed E-state index contributed by atoms with van der Waals surface area (Å²) in [5, 5.41) is 0. The molecule has 0 spiro atoms. The summed E-state index contributed by atoms with van der Waals surface area (Å²) in [6.45, 7) is 4.09. The van der Waals surface area contributed by atoms with Crippen molar-refractivity contribution in [1.29, 1.82) is 0 Å². The van der Waals surface area contributed by atoms with Crippen LogP contribution in [0.5, 0.6) is 5.75 Å². The second kappa shape index (κ2) is 4.88. The fraction of sp³-hybridized carbons (Fsp3) is 0.571. The lowest BCUT2D eigenvalue weighted by atomic mass is 10.0. The molecule has 1 aliphatic carbocycles. The second-order valence-corrected chi connectivity index (χ2v) is 4.99. The monoisotopic (exact) mass is 219 g/mol. The molecule has 2 N–H and O–H groups in total. The zero-order chi connectivity index (χ0) is 11.5. The van der Waals surface area contributed by atoms with Gasteiger partial charge >= 0.3 is 0 Å². The van der Waals surface area contributed by atoms with Crippen LogP contribution in [0, 0.1) is 5.92 Å². The number of hydrogen-bond donors (Lipinski definition) is 1. The standard InChI is InChI=1S/C14H21NO/c1-10(2)16-14-6-4-3-5-12(14)13(15)9-11-7-8-11/h3-6,10-11,13H,7-9,15H2,1-2H3/t13-/m1/s1. The van der Waals surface area contributed by atoms with Crippen LogP contribution in [-0.4, -0.2) is 6.10 Å². The van der Waals surface area contributed by atoms with E-state index in [1.54, 1.807) is 0 Å². The minimum Gasteiger partial charge on any atom is -0.491 e. The molecular formula is C14H21NO. The lowest BCUT2D eigenvalue weighted by Gasteiger charge is -2.18. The molecule has 0 aromatic heterocycles. The summed E-state index contributed by atoms with van der Waals surface area (Å²) in [7, 11) is 0. The van der Waals surface area contributed by atoms with Gasteiger partial charge in [0.1, 0.15) is 5.75 Å². The van der Waals surface area contributed by atoms with E-state index in [4.69, 9.17) is 10.5 Å². The molecule has 2 heteroatoms. The molecule has 1 aromatic rings. The van der Waals surface area contributed by atoms with Crippen LogP contribution in [0.1, 0.15) is 44.7 Å². The summed E-state index contributed by atoms with van der Waals surface area (Å²) in [5.74, 6) is 1.80. The molecule has 1 fully saturated rings. The Morgan fingerprint density at radius 3 is 2.62 bits per heavy atom. The Bertz CT molecular complexity index is 344. The number of rotatable bonds is 5. The first kappa shape index (κ1) is 11.5. The maximum Gasteiger partial charge on any atom is 0.124 e. The minimum atomic E-state index is 0.127. The average molecular weight is 219 g/mol. The summed E-state index contributed by atoms with van der Waals surface area (Å²) >= 11 is 0. The molecule has 16 heavy (non-hydrogen) atoms. The van der Waals surface area contributed by atoms with Crippen LogP contribution in [0.4, 0.5) is 0 Å². The molecular weight excluding hydrogens is 198 g/mol. The third-order valence-corrected chi connectivity index (χ3v) is 2.97. The first-order chi connectivity index (χ1) is 7.66. The van der Waals surface area contributed by atoms with Gasteiger partial charge in [0.2, 0.25) is 0 Å². The summed E-state index contributed by atoms with van der Waals surface area (Å²) in [6.07, 6.45) is 3.99. The molecule has 0 saturated heterocycles. The zero-order valence-corrected chi connectivity index (χ0v) is 10.1. The van der Waals surface area contributed by atoms with Gasteiger partial charge in [-0.25, -0.2) is 0 Å². The molecule has 2 nitrogen and oxygen atoms in total. The molecule has 0 amide bonds. The van der Waals surface area contributed by atoms with Gasteiger partial charge in [-0.1, -0.05) is 31.0 Å². The lowest BCUT2D eigenvalue weighted by Crippen LogP contribution is -2.15. The highest BCUT2D eigenvalue weighted by atomic mass is 16.5. The Morgan fingerprint density at radius 2 is 2.00 bits per heavy atom. The van der Waals surface area contributed by atoms with Crippen LogP contribution in [0.2, 0.25) is 0 Å². The summed E-state index contributed by atoms with van der Waals surface area (Å²) in [6, 6.07) is 8.27. The predicted molar refractivity (Wildman–Crippen MR) is 66.5 cm³/mol. The van der Waals surface area contributed by atoms with Crippen molar-refractivity contribution in [3.8, 4) is 5.75 Å².